The van der Waals surface area contributed by atoms with Crippen molar-refractivity contribution in [1.82, 2.24) is 16.0 Å². The first-order chi connectivity index (χ1) is 20.4. The normalized spacial score (nSPS) is 20.5. The van der Waals surface area contributed by atoms with Crippen LogP contribution >= 0.6 is 0 Å². The summed E-state index contributed by atoms with van der Waals surface area (Å²) in [6.45, 7) is 9.97. The van der Waals surface area contributed by atoms with Crippen LogP contribution in [0.25, 0.3) is 0 Å². The van der Waals surface area contributed by atoms with Gasteiger partial charge >= 0.3 is 0 Å². The number of Topliss-reactive ketones (excluding diaryl/α,β-unsaturated/α-hetero) is 1. The molecule has 3 rings (SSSR count). The number of rotatable bonds is 17. The van der Waals surface area contributed by atoms with Crippen molar-refractivity contribution >= 4 is 23.5 Å². The molecule has 43 heavy (non-hydrogen) atoms. The van der Waals surface area contributed by atoms with Crippen LogP contribution in [-0.4, -0.2) is 59.9 Å². The molecular formula is C34H50N4O5. The number of hydrogen-bond donors (Lipinski definition) is 4. The Labute approximate surface area is 256 Å². The van der Waals surface area contributed by atoms with Crippen LogP contribution in [0.15, 0.2) is 54.1 Å². The van der Waals surface area contributed by atoms with Crippen molar-refractivity contribution in [3.63, 3.8) is 0 Å². The van der Waals surface area contributed by atoms with Crippen LogP contribution in [0.3, 0.4) is 0 Å². The topological polar surface area (TPSA) is 143 Å². The van der Waals surface area contributed by atoms with Crippen molar-refractivity contribution < 1.29 is 23.9 Å². The van der Waals surface area contributed by atoms with Gasteiger partial charge in [0.25, 0.3) is 0 Å². The number of epoxide rings is 1. The van der Waals surface area contributed by atoms with Crippen LogP contribution in [-0.2, 0) is 30.3 Å². The van der Waals surface area contributed by atoms with Gasteiger partial charge in [-0.25, -0.2) is 0 Å². The molecular weight excluding hydrogens is 544 g/mol. The quantitative estimate of drug-likeness (QED) is 0.203. The standard InChI is InChI=1S/C34H50N4O5/c1-22(2)18-27(30(39)34(5)21-43-34)36-33(42)29(20-25-14-10-7-11-15-25)38-32(41)28(19-23(3)4)37-31(40)26(35)17-16-24-12-8-6-9-13-24/h6,8-10,12-15,22-23,26-29H,7,11,16-21,35H2,1-5H3,(H,36,42)(H,37,40)(H,38,41). The van der Waals surface area contributed by atoms with Gasteiger partial charge < -0.3 is 26.4 Å². The molecule has 1 aromatic carbocycles. The number of carbonyl (C=O) groups excluding carboxylic acids is 4. The van der Waals surface area contributed by atoms with Crippen LogP contribution in [0.2, 0.25) is 0 Å². The molecule has 236 valence electrons. The zero-order chi connectivity index (χ0) is 31.6. The van der Waals surface area contributed by atoms with E-state index in [1.165, 1.54) is 0 Å². The lowest BCUT2D eigenvalue weighted by Gasteiger charge is -2.28. The molecule has 1 aliphatic carbocycles. The predicted octanol–water partition coefficient (Wildman–Crippen LogP) is 3.52. The predicted molar refractivity (Wildman–Crippen MR) is 168 cm³/mol. The van der Waals surface area contributed by atoms with E-state index in [4.69, 9.17) is 10.5 Å². The van der Waals surface area contributed by atoms with Crippen molar-refractivity contribution in [3.8, 4) is 0 Å². The number of ether oxygens (including phenoxy) is 1. The second-order valence-electron chi connectivity index (χ2n) is 12.9. The molecule has 9 heteroatoms. The summed E-state index contributed by atoms with van der Waals surface area (Å²) in [6, 6.07) is 6.47. The molecule has 5 N–H and O–H groups in total. The minimum Gasteiger partial charge on any atom is -0.361 e. The molecule has 1 fully saturated rings. The van der Waals surface area contributed by atoms with Crippen LogP contribution in [0.1, 0.15) is 78.7 Å². The molecule has 9 nitrogen and oxygen atoms in total. The Hall–Kier alpha value is -3.30. The van der Waals surface area contributed by atoms with Crippen LogP contribution in [0.5, 0.6) is 0 Å². The highest BCUT2D eigenvalue weighted by atomic mass is 16.6. The van der Waals surface area contributed by atoms with E-state index in [0.717, 1.165) is 24.0 Å². The van der Waals surface area contributed by atoms with Gasteiger partial charge in [0.15, 0.2) is 5.78 Å². The van der Waals surface area contributed by atoms with Gasteiger partial charge in [0, 0.05) is 6.42 Å². The fourth-order valence-electron chi connectivity index (χ4n) is 5.21. The van der Waals surface area contributed by atoms with Gasteiger partial charge in [0.1, 0.15) is 17.7 Å². The molecule has 5 unspecified atom stereocenters. The van der Waals surface area contributed by atoms with E-state index in [1.54, 1.807) is 6.92 Å². The van der Waals surface area contributed by atoms with Gasteiger partial charge in [-0.05, 0) is 68.4 Å². The average molecular weight is 595 g/mol. The fraction of sp³-hybridized carbons (Fsp3) is 0.588. The lowest BCUT2D eigenvalue weighted by molar-refractivity contribution is -0.134. The van der Waals surface area contributed by atoms with Crippen molar-refractivity contribution in [3.05, 3.63) is 59.7 Å². The van der Waals surface area contributed by atoms with Gasteiger partial charge in [0.05, 0.1) is 18.7 Å². The Morgan fingerprint density at radius 1 is 0.860 bits per heavy atom. The van der Waals surface area contributed by atoms with Crippen LogP contribution in [0, 0.1) is 11.8 Å². The molecule has 0 aromatic heterocycles. The van der Waals surface area contributed by atoms with Gasteiger partial charge in [-0.3, -0.25) is 19.2 Å². The lowest BCUT2D eigenvalue weighted by atomic mass is 9.92. The fourth-order valence-corrected chi connectivity index (χ4v) is 5.21. The number of nitrogens with one attached hydrogen (secondary N) is 3. The maximum absolute atomic E-state index is 13.7. The van der Waals surface area contributed by atoms with E-state index in [2.05, 4.69) is 22.0 Å². The number of ketones is 1. The molecule has 0 radical (unpaired) electrons. The first-order valence-electron chi connectivity index (χ1n) is 15.6. The first kappa shape index (κ1) is 34.2. The minimum absolute atomic E-state index is 0.0974. The molecule has 3 amide bonds. The van der Waals surface area contributed by atoms with E-state index >= 15 is 0 Å². The number of amides is 3. The van der Waals surface area contributed by atoms with Crippen molar-refractivity contribution in [1.29, 1.82) is 0 Å². The summed E-state index contributed by atoms with van der Waals surface area (Å²) in [5.41, 5.74) is 7.35. The molecule has 5 atom stereocenters. The Kier molecular flexibility index (Phi) is 12.7. The van der Waals surface area contributed by atoms with E-state index in [1.807, 2.05) is 70.2 Å². The molecule has 1 heterocycles. The molecule has 1 aromatic rings. The minimum atomic E-state index is -0.935. The third-order valence-corrected chi connectivity index (χ3v) is 7.85. The van der Waals surface area contributed by atoms with E-state index < -0.39 is 47.5 Å². The SMILES string of the molecule is CC(C)CC(NC(=O)C(N)CCc1ccccc1)C(=O)NC(CC1=CCCC=C1)C(=O)NC(CC(C)C)C(=O)C1(C)CO1. The van der Waals surface area contributed by atoms with Crippen molar-refractivity contribution in [2.75, 3.05) is 6.61 Å². The Morgan fingerprint density at radius 2 is 1.44 bits per heavy atom. The van der Waals surface area contributed by atoms with E-state index in [-0.39, 0.29) is 24.0 Å². The highest BCUT2D eigenvalue weighted by molar-refractivity contribution is 5.98. The number of carbonyl (C=O) groups is 4. The second-order valence-corrected chi connectivity index (χ2v) is 12.9. The zero-order valence-electron chi connectivity index (χ0n) is 26.4. The summed E-state index contributed by atoms with van der Waals surface area (Å²) in [5.74, 6) is -1.21. The Balaban J connectivity index is 1.73. The summed E-state index contributed by atoms with van der Waals surface area (Å²) in [4.78, 5) is 53.6. The summed E-state index contributed by atoms with van der Waals surface area (Å²) < 4.78 is 5.38. The van der Waals surface area contributed by atoms with Crippen molar-refractivity contribution in [2.45, 2.75) is 109 Å². The number of aryl methyl sites for hydroxylation is 1. The number of allylic oxidation sites excluding steroid dienone is 3. The molecule has 0 spiro atoms. The average Bonchev–Trinajstić information content (AvgIpc) is 3.73. The third-order valence-electron chi connectivity index (χ3n) is 7.85. The Morgan fingerprint density at radius 3 is 2.02 bits per heavy atom. The van der Waals surface area contributed by atoms with Gasteiger partial charge in [-0.15, -0.1) is 0 Å². The van der Waals surface area contributed by atoms with E-state index in [9.17, 15) is 19.2 Å². The Bertz CT molecular complexity index is 1170. The summed E-state index contributed by atoms with van der Waals surface area (Å²) in [5, 5.41) is 8.66. The third kappa shape index (κ3) is 11.0. The first-order valence-corrected chi connectivity index (χ1v) is 15.6. The summed E-state index contributed by atoms with van der Waals surface area (Å²) in [6.07, 6.45) is 10.0. The number of hydrogen-bond acceptors (Lipinski definition) is 6. The lowest BCUT2D eigenvalue weighted by Crippen LogP contribution is -2.58. The summed E-state index contributed by atoms with van der Waals surface area (Å²) >= 11 is 0. The monoisotopic (exact) mass is 594 g/mol. The maximum atomic E-state index is 13.7. The summed E-state index contributed by atoms with van der Waals surface area (Å²) in [7, 11) is 0. The highest BCUT2D eigenvalue weighted by Crippen LogP contribution is 2.30. The maximum Gasteiger partial charge on any atom is 0.243 e. The highest BCUT2D eigenvalue weighted by Gasteiger charge is 2.50. The zero-order valence-corrected chi connectivity index (χ0v) is 26.4. The largest absolute Gasteiger partial charge is 0.361 e. The van der Waals surface area contributed by atoms with Crippen molar-refractivity contribution in [2.24, 2.45) is 17.6 Å². The van der Waals surface area contributed by atoms with Crippen LogP contribution < -0.4 is 21.7 Å². The second kappa shape index (κ2) is 16.0. The van der Waals surface area contributed by atoms with E-state index in [0.29, 0.717) is 32.3 Å². The number of nitrogens with two attached hydrogens (primary N) is 1. The van der Waals surface area contributed by atoms with Gasteiger partial charge in [0.2, 0.25) is 17.7 Å². The molecule has 0 saturated carbocycles. The molecule has 1 aliphatic heterocycles. The smallest absolute Gasteiger partial charge is 0.243 e. The molecule has 0 bridgehead atoms. The van der Waals surface area contributed by atoms with Gasteiger partial charge in [-0.1, -0.05) is 76.3 Å². The number of benzene rings is 1. The molecule has 1 saturated heterocycles. The van der Waals surface area contributed by atoms with Gasteiger partial charge in [-0.2, -0.15) is 0 Å². The van der Waals surface area contributed by atoms with Crippen LogP contribution in [0.4, 0.5) is 0 Å². The molecule has 2 aliphatic rings.